The van der Waals surface area contributed by atoms with Crippen LogP contribution in [-0.4, -0.2) is 25.7 Å². The number of aromatic nitrogens is 4. The molecule has 0 unspecified atom stereocenters. The summed E-state index contributed by atoms with van der Waals surface area (Å²) in [6, 6.07) is 11.0. The summed E-state index contributed by atoms with van der Waals surface area (Å²) in [5, 5.41) is 17.4. The lowest BCUT2D eigenvalue weighted by molar-refractivity contribution is 0.0922. The summed E-state index contributed by atoms with van der Waals surface area (Å²) in [5.74, 6) is 0.505. The number of rotatable bonds is 4. The molecule has 0 aliphatic heterocycles. The lowest BCUT2D eigenvalue weighted by atomic mass is 10.3. The Morgan fingerprint density at radius 3 is 2.96 bits per heavy atom. The van der Waals surface area contributed by atoms with Crippen LogP contribution < -0.4 is 5.32 Å². The highest BCUT2D eigenvalue weighted by molar-refractivity contribution is 7.13. The van der Waals surface area contributed by atoms with Gasteiger partial charge in [-0.05, 0) is 35.7 Å². The van der Waals surface area contributed by atoms with Crippen LogP contribution in [0.1, 0.15) is 16.4 Å². The molecule has 0 saturated heterocycles. The molecule has 1 N–H and O–H groups in total. The molecule has 0 aliphatic rings. The van der Waals surface area contributed by atoms with E-state index in [1.54, 1.807) is 28.0 Å². The molecular formula is C15H11N5O2S. The first kappa shape index (κ1) is 13.6. The highest BCUT2D eigenvalue weighted by Gasteiger charge is 2.12. The van der Waals surface area contributed by atoms with Gasteiger partial charge in [0, 0.05) is 0 Å². The zero-order valence-corrected chi connectivity index (χ0v) is 12.7. The summed E-state index contributed by atoms with van der Waals surface area (Å²) >= 11 is 1.61. The van der Waals surface area contributed by atoms with Crippen molar-refractivity contribution in [3.05, 3.63) is 59.6 Å². The van der Waals surface area contributed by atoms with Crippen LogP contribution in [0.4, 0.5) is 0 Å². The molecule has 0 fully saturated rings. The third-order valence-corrected chi connectivity index (χ3v) is 4.15. The summed E-state index contributed by atoms with van der Waals surface area (Å²) in [5.41, 5.74) is 1.47. The fourth-order valence-electron chi connectivity index (χ4n) is 2.15. The first-order valence-corrected chi connectivity index (χ1v) is 7.76. The number of hydrogen-bond donors (Lipinski definition) is 1. The molecule has 7 nitrogen and oxygen atoms in total. The minimum atomic E-state index is -0.304. The van der Waals surface area contributed by atoms with Gasteiger partial charge in [-0.15, -0.1) is 21.5 Å². The van der Waals surface area contributed by atoms with Crippen molar-refractivity contribution in [3.63, 3.8) is 0 Å². The minimum absolute atomic E-state index is 0.210. The van der Waals surface area contributed by atoms with Crippen molar-refractivity contribution in [1.82, 2.24) is 25.1 Å². The van der Waals surface area contributed by atoms with E-state index >= 15 is 0 Å². The molecule has 0 atom stereocenters. The van der Waals surface area contributed by atoms with Gasteiger partial charge in [0.2, 0.25) is 0 Å². The largest absolute Gasteiger partial charge is 0.459 e. The maximum Gasteiger partial charge on any atom is 0.287 e. The summed E-state index contributed by atoms with van der Waals surface area (Å²) < 4.78 is 6.69. The van der Waals surface area contributed by atoms with Gasteiger partial charge in [-0.1, -0.05) is 6.07 Å². The number of amides is 1. The Morgan fingerprint density at radius 1 is 1.22 bits per heavy atom. The predicted molar refractivity (Wildman–Crippen MR) is 84.0 cm³/mol. The number of carbonyl (C=O) groups excluding carboxylic acids is 1. The van der Waals surface area contributed by atoms with Crippen molar-refractivity contribution >= 4 is 22.9 Å². The normalized spacial score (nSPS) is 11.0. The summed E-state index contributed by atoms with van der Waals surface area (Å²) in [7, 11) is 0. The lowest BCUT2D eigenvalue weighted by Gasteiger charge is -2.03. The van der Waals surface area contributed by atoms with Crippen molar-refractivity contribution < 1.29 is 9.21 Å². The summed E-state index contributed by atoms with van der Waals surface area (Å²) in [6.45, 7) is 0.210. The maximum absolute atomic E-state index is 11.9. The quantitative estimate of drug-likeness (QED) is 0.622. The first-order valence-electron chi connectivity index (χ1n) is 6.88. The molecule has 0 bridgehead atoms. The van der Waals surface area contributed by atoms with E-state index in [4.69, 9.17) is 4.42 Å². The Hall–Kier alpha value is -3.00. The number of thiophene rings is 1. The zero-order chi connectivity index (χ0) is 15.6. The second-order valence-corrected chi connectivity index (χ2v) is 5.69. The minimum Gasteiger partial charge on any atom is -0.459 e. The van der Waals surface area contributed by atoms with Crippen LogP contribution in [0.25, 0.3) is 16.2 Å². The highest BCUT2D eigenvalue weighted by Crippen LogP contribution is 2.22. The molecule has 0 saturated carbocycles. The van der Waals surface area contributed by atoms with Crippen molar-refractivity contribution in [2.24, 2.45) is 0 Å². The van der Waals surface area contributed by atoms with Crippen LogP contribution >= 0.6 is 11.3 Å². The van der Waals surface area contributed by atoms with Crippen LogP contribution in [0.5, 0.6) is 0 Å². The molecule has 0 aromatic carbocycles. The number of nitrogens with one attached hydrogen (secondary N) is 1. The zero-order valence-electron chi connectivity index (χ0n) is 11.8. The van der Waals surface area contributed by atoms with Crippen LogP contribution in [0.2, 0.25) is 0 Å². The second kappa shape index (κ2) is 5.65. The molecule has 0 radical (unpaired) electrons. The predicted octanol–water partition coefficient (Wildman–Crippen LogP) is 2.38. The molecule has 4 heterocycles. The highest BCUT2D eigenvalue weighted by atomic mass is 32.1. The molecule has 4 aromatic rings. The second-order valence-electron chi connectivity index (χ2n) is 4.74. The van der Waals surface area contributed by atoms with Gasteiger partial charge in [-0.3, -0.25) is 4.79 Å². The van der Waals surface area contributed by atoms with Crippen LogP contribution in [0, 0.1) is 0 Å². The Kier molecular flexibility index (Phi) is 3.35. The molecule has 8 heteroatoms. The molecule has 0 spiro atoms. The van der Waals surface area contributed by atoms with Gasteiger partial charge in [-0.2, -0.15) is 9.61 Å². The van der Waals surface area contributed by atoms with E-state index in [-0.39, 0.29) is 18.2 Å². The van der Waals surface area contributed by atoms with E-state index in [9.17, 15) is 4.79 Å². The molecule has 4 rings (SSSR count). The van der Waals surface area contributed by atoms with E-state index in [1.165, 1.54) is 6.26 Å². The van der Waals surface area contributed by atoms with E-state index < -0.39 is 0 Å². The van der Waals surface area contributed by atoms with Crippen molar-refractivity contribution in [1.29, 1.82) is 0 Å². The van der Waals surface area contributed by atoms with E-state index in [0.29, 0.717) is 11.5 Å². The van der Waals surface area contributed by atoms with Crippen molar-refractivity contribution in [2.45, 2.75) is 6.54 Å². The molecule has 23 heavy (non-hydrogen) atoms. The summed E-state index contributed by atoms with van der Waals surface area (Å²) in [6.07, 6.45) is 1.45. The SMILES string of the molecule is O=C(NCc1nnc2ccc(-c3cccs3)nn12)c1ccco1. The number of carbonyl (C=O) groups is 1. The van der Waals surface area contributed by atoms with Gasteiger partial charge in [0.1, 0.15) is 5.69 Å². The third-order valence-electron chi connectivity index (χ3n) is 3.25. The Bertz CT molecular complexity index is 944. The smallest absolute Gasteiger partial charge is 0.287 e. The topological polar surface area (TPSA) is 85.3 Å². The molecule has 114 valence electrons. The van der Waals surface area contributed by atoms with E-state index in [2.05, 4.69) is 20.6 Å². The molecule has 4 aromatic heterocycles. The molecule has 0 aliphatic carbocycles. The number of fused-ring (bicyclic) bond motifs is 1. The standard InChI is InChI=1S/C15H11N5O2S/c21-15(11-3-1-7-22-11)16-9-14-18-17-13-6-5-10(19-20(13)14)12-4-2-8-23-12/h1-8H,9H2,(H,16,21). The maximum atomic E-state index is 11.9. The van der Waals surface area contributed by atoms with Crippen LogP contribution in [-0.2, 0) is 6.54 Å². The molecule has 1 amide bonds. The third kappa shape index (κ3) is 2.59. The van der Waals surface area contributed by atoms with Gasteiger partial charge in [0.15, 0.2) is 17.2 Å². The van der Waals surface area contributed by atoms with Gasteiger partial charge in [0.05, 0.1) is 17.7 Å². The van der Waals surface area contributed by atoms with E-state index in [0.717, 1.165) is 10.6 Å². The lowest BCUT2D eigenvalue weighted by Crippen LogP contribution is -2.23. The fourth-order valence-corrected chi connectivity index (χ4v) is 2.84. The van der Waals surface area contributed by atoms with Gasteiger partial charge < -0.3 is 9.73 Å². The number of furan rings is 1. The Morgan fingerprint density at radius 2 is 2.17 bits per heavy atom. The van der Waals surface area contributed by atoms with Crippen LogP contribution in [0.3, 0.4) is 0 Å². The van der Waals surface area contributed by atoms with Crippen molar-refractivity contribution in [2.75, 3.05) is 0 Å². The van der Waals surface area contributed by atoms with Gasteiger partial charge in [-0.25, -0.2) is 0 Å². The van der Waals surface area contributed by atoms with E-state index in [1.807, 2.05) is 29.6 Å². The first-order chi connectivity index (χ1) is 11.3. The Labute approximate surface area is 134 Å². The fraction of sp³-hybridized carbons (Fsp3) is 0.0667. The average molecular weight is 325 g/mol. The van der Waals surface area contributed by atoms with Crippen molar-refractivity contribution in [3.8, 4) is 10.6 Å². The van der Waals surface area contributed by atoms with Gasteiger partial charge in [0.25, 0.3) is 5.91 Å². The average Bonchev–Trinajstić information content (AvgIpc) is 3.33. The van der Waals surface area contributed by atoms with Gasteiger partial charge >= 0.3 is 0 Å². The summed E-state index contributed by atoms with van der Waals surface area (Å²) in [4.78, 5) is 13.0. The number of nitrogens with zero attached hydrogens (tertiary/aromatic N) is 4. The molecular weight excluding hydrogens is 314 g/mol. The Balaban J connectivity index is 1.60. The monoisotopic (exact) mass is 325 g/mol. The number of hydrogen-bond acceptors (Lipinski definition) is 6. The van der Waals surface area contributed by atoms with Crippen LogP contribution in [0.15, 0.2) is 52.5 Å².